The maximum atomic E-state index is 12.3. The molecule has 2 rings (SSSR count). The van der Waals surface area contributed by atoms with Crippen molar-refractivity contribution in [1.29, 1.82) is 0 Å². The zero-order chi connectivity index (χ0) is 16.1. The van der Waals surface area contributed by atoms with Gasteiger partial charge in [0.05, 0.1) is 0 Å². The van der Waals surface area contributed by atoms with Crippen molar-refractivity contribution in [2.24, 2.45) is 0 Å². The fourth-order valence-electron chi connectivity index (χ4n) is 2.14. The molecule has 2 aromatic rings. The van der Waals surface area contributed by atoms with Gasteiger partial charge in [0, 0.05) is 12.5 Å². The zero-order valence-corrected chi connectivity index (χ0v) is 12.5. The van der Waals surface area contributed by atoms with E-state index in [9.17, 15) is 9.59 Å². The Morgan fingerprint density at radius 3 is 2.59 bits per heavy atom. The molecule has 0 bridgehead atoms. The Labute approximate surface area is 128 Å². The Morgan fingerprint density at radius 1 is 1.32 bits per heavy atom. The third-order valence-electron chi connectivity index (χ3n) is 3.17. The van der Waals surface area contributed by atoms with Gasteiger partial charge in [0.25, 0.3) is 5.91 Å². The Bertz CT molecular complexity index is 664. The second kappa shape index (κ2) is 6.89. The fraction of sp³-hybridized carbons (Fsp3) is 0.312. The lowest BCUT2D eigenvalue weighted by atomic mass is 10.1. The molecule has 1 amide bonds. The van der Waals surface area contributed by atoms with Crippen LogP contribution in [0, 0.1) is 6.92 Å². The third kappa shape index (κ3) is 3.52. The van der Waals surface area contributed by atoms with Crippen molar-refractivity contribution in [2.75, 3.05) is 0 Å². The van der Waals surface area contributed by atoms with E-state index < -0.39 is 17.9 Å². The summed E-state index contributed by atoms with van der Waals surface area (Å²) >= 11 is 0. The minimum absolute atomic E-state index is 0.103. The molecule has 0 saturated heterocycles. The van der Waals surface area contributed by atoms with E-state index in [4.69, 9.17) is 9.52 Å². The molecule has 1 aromatic heterocycles. The number of carboxylic acid groups (broad SMARTS) is 1. The van der Waals surface area contributed by atoms with Crippen molar-refractivity contribution in [1.82, 2.24) is 10.3 Å². The summed E-state index contributed by atoms with van der Waals surface area (Å²) < 4.78 is 5.50. The summed E-state index contributed by atoms with van der Waals surface area (Å²) in [6.07, 6.45) is 1.01. The minimum atomic E-state index is -1.06. The summed E-state index contributed by atoms with van der Waals surface area (Å²) in [5.74, 6) is -0.907. The number of aryl methyl sites for hydroxylation is 1. The number of carboxylic acids is 1. The number of nitrogens with one attached hydrogen (secondary N) is 1. The van der Waals surface area contributed by atoms with Crippen molar-refractivity contribution >= 4 is 11.9 Å². The molecule has 0 spiro atoms. The molecule has 0 fully saturated rings. The summed E-state index contributed by atoms with van der Waals surface area (Å²) in [6.45, 7) is 3.50. The summed E-state index contributed by atoms with van der Waals surface area (Å²) in [7, 11) is 0. The summed E-state index contributed by atoms with van der Waals surface area (Å²) in [5.41, 5.74) is 0.821. The molecule has 0 radical (unpaired) electrons. The molecule has 0 aliphatic heterocycles. The second-order valence-electron chi connectivity index (χ2n) is 4.93. The van der Waals surface area contributed by atoms with E-state index in [2.05, 4.69) is 10.3 Å². The van der Waals surface area contributed by atoms with Crippen LogP contribution >= 0.6 is 0 Å². The zero-order valence-electron chi connectivity index (χ0n) is 12.5. The minimum Gasteiger partial charge on any atom is -0.480 e. The van der Waals surface area contributed by atoms with Crippen molar-refractivity contribution in [3.63, 3.8) is 0 Å². The topological polar surface area (TPSA) is 92.4 Å². The van der Waals surface area contributed by atoms with E-state index in [0.29, 0.717) is 24.5 Å². The van der Waals surface area contributed by atoms with Crippen LogP contribution in [0.1, 0.15) is 36.1 Å². The Kier molecular flexibility index (Phi) is 4.93. The molecular weight excluding hydrogens is 284 g/mol. The van der Waals surface area contributed by atoms with Crippen LogP contribution in [0.2, 0.25) is 0 Å². The maximum absolute atomic E-state index is 12.3. The van der Waals surface area contributed by atoms with Crippen molar-refractivity contribution < 1.29 is 19.1 Å². The van der Waals surface area contributed by atoms with Gasteiger partial charge >= 0.3 is 5.97 Å². The molecular formula is C16H18N2O4. The smallest absolute Gasteiger partial charge is 0.326 e. The first kappa shape index (κ1) is 15.8. The van der Waals surface area contributed by atoms with Crippen LogP contribution in [-0.4, -0.2) is 28.0 Å². The van der Waals surface area contributed by atoms with E-state index in [0.717, 1.165) is 5.56 Å². The Morgan fingerprint density at radius 2 is 2.00 bits per heavy atom. The van der Waals surface area contributed by atoms with Crippen LogP contribution in [0.5, 0.6) is 0 Å². The van der Waals surface area contributed by atoms with Gasteiger partial charge in [-0.25, -0.2) is 9.78 Å². The molecule has 0 aliphatic rings. The summed E-state index contributed by atoms with van der Waals surface area (Å²) in [4.78, 5) is 27.6. The number of oxazole rings is 1. The highest BCUT2D eigenvalue weighted by Gasteiger charge is 2.25. The number of nitrogens with zero attached hydrogens (tertiary/aromatic N) is 1. The predicted molar refractivity (Wildman–Crippen MR) is 80.5 cm³/mol. The van der Waals surface area contributed by atoms with Gasteiger partial charge in [0.2, 0.25) is 0 Å². The lowest BCUT2D eigenvalue weighted by molar-refractivity contribution is -0.139. The summed E-state index contributed by atoms with van der Waals surface area (Å²) in [6, 6.07) is 8.18. The number of hydrogen-bond donors (Lipinski definition) is 2. The van der Waals surface area contributed by atoms with Gasteiger partial charge in [-0.15, -0.1) is 0 Å². The van der Waals surface area contributed by atoms with E-state index >= 15 is 0 Å². The van der Waals surface area contributed by atoms with E-state index in [1.54, 1.807) is 19.1 Å². The molecule has 6 nitrogen and oxygen atoms in total. The first-order valence-electron chi connectivity index (χ1n) is 7.09. The van der Waals surface area contributed by atoms with Gasteiger partial charge < -0.3 is 14.8 Å². The average molecular weight is 302 g/mol. The lowest BCUT2D eigenvalue weighted by Crippen LogP contribution is -2.40. The van der Waals surface area contributed by atoms with Gasteiger partial charge in [0.1, 0.15) is 6.04 Å². The number of benzene rings is 1. The molecule has 22 heavy (non-hydrogen) atoms. The van der Waals surface area contributed by atoms with Gasteiger partial charge in [-0.05, 0) is 6.42 Å². The largest absolute Gasteiger partial charge is 0.480 e. The van der Waals surface area contributed by atoms with Crippen molar-refractivity contribution in [2.45, 2.75) is 32.7 Å². The monoisotopic (exact) mass is 302 g/mol. The molecule has 1 atom stereocenters. The van der Waals surface area contributed by atoms with Crippen LogP contribution in [0.25, 0.3) is 11.3 Å². The van der Waals surface area contributed by atoms with Gasteiger partial charge in [-0.2, -0.15) is 0 Å². The van der Waals surface area contributed by atoms with Crippen molar-refractivity contribution in [3.05, 3.63) is 41.9 Å². The Balaban J connectivity index is 2.29. The van der Waals surface area contributed by atoms with Crippen LogP contribution in [0.4, 0.5) is 0 Å². The molecule has 116 valence electrons. The van der Waals surface area contributed by atoms with Crippen molar-refractivity contribution in [3.8, 4) is 11.3 Å². The number of aliphatic carboxylic acids is 1. The standard InChI is InChI=1S/C16H18N2O4/c1-3-7-12(16(20)21)18-15(19)13-14(22-10(2)17-13)11-8-5-4-6-9-11/h4-6,8-9,12H,3,7H2,1-2H3,(H,18,19)(H,20,21). The molecule has 1 unspecified atom stereocenters. The average Bonchev–Trinajstić information content (AvgIpc) is 2.89. The number of rotatable bonds is 6. The number of carbonyl (C=O) groups is 2. The summed E-state index contributed by atoms with van der Waals surface area (Å²) in [5, 5.41) is 11.6. The molecule has 1 heterocycles. The van der Waals surface area contributed by atoms with Gasteiger partial charge in [-0.1, -0.05) is 43.7 Å². The first-order valence-corrected chi connectivity index (χ1v) is 7.09. The lowest BCUT2D eigenvalue weighted by Gasteiger charge is -2.12. The number of hydrogen-bond acceptors (Lipinski definition) is 4. The molecule has 2 N–H and O–H groups in total. The van der Waals surface area contributed by atoms with E-state index in [-0.39, 0.29) is 5.69 Å². The molecule has 1 aromatic carbocycles. The normalized spacial score (nSPS) is 11.9. The quantitative estimate of drug-likeness (QED) is 0.855. The van der Waals surface area contributed by atoms with E-state index in [1.807, 2.05) is 25.1 Å². The fourth-order valence-corrected chi connectivity index (χ4v) is 2.14. The second-order valence-corrected chi connectivity index (χ2v) is 4.93. The SMILES string of the molecule is CCCC(NC(=O)c1nc(C)oc1-c1ccccc1)C(=O)O. The van der Waals surface area contributed by atoms with E-state index in [1.165, 1.54) is 0 Å². The number of aromatic nitrogens is 1. The van der Waals surface area contributed by atoms with Gasteiger partial charge in [-0.3, -0.25) is 4.79 Å². The molecule has 0 saturated carbocycles. The van der Waals surface area contributed by atoms with Crippen LogP contribution in [-0.2, 0) is 4.79 Å². The van der Waals surface area contributed by atoms with Crippen LogP contribution < -0.4 is 5.32 Å². The van der Waals surface area contributed by atoms with Crippen LogP contribution in [0.15, 0.2) is 34.7 Å². The number of carbonyl (C=O) groups excluding carboxylic acids is 1. The maximum Gasteiger partial charge on any atom is 0.326 e. The highest BCUT2D eigenvalue weighted by Crippen LogP contribution is 2.24. The highest BCUT2D eigenvalue weighted by molar-refractivity contribution is 5.99. The predicted octanol–water partition coefficient (Wildman–Crippen LogP) is 2.63. The third-order valence-corrected chi connectivity index (χ3v) is 3.17. The first-order chi connectivity index (χ1) is 10.5. The van der Waals surface area contributed by atoms with Crippen LogP contribution in [0.3, 0.4) is 0 Å². The Hall–Kier alpha value is -2.63. The highest BCUT2D eigenvalue weighted by atomic mass is 16.4. The number of amides is 1. The molecule has 0 aliphatic carbocycles. The molecule has 6 heteroatoms. The van der Waals surface area contributed by atoms with Gasteiger partial charge in [0.15, 0.2) is 17.3 Å².